The van der Waals surface area contributed by atoms with Gasteiger partial charge in [-0.3, -0.25) is 9.59 Å². The minimum absolute atomic E-state index is 0.0257. The van der Waals surface area contributed by atoms with E-state index in [0.717, 1.165) is 17.7 Å². The molecule has 2 unspecified atom stereocenters. The molecule has 28 heavy (non-hydrogen) atoms. The quantitative estimate of drug-likeness (QED) is 0.546. The van der Waals surface area contributed by atoms with E-state index in [0.29, 0.717) is 5.56 Å². The molecule has 2 aromatic carbocycles. The highest BCUT2D eigenvalue weighted by molar-refractivity contribution is 5.97. The van der Waals surface area contributed by atoms with E-state index in [4.69, 9.17) is 0 Å². The first-order chi connectivity index (χ1) is 13.4. The Morgan fingerprint density at radius 1 is 1.07 bits per heavy atom. The molecule has 0 aromatic heterocycles. The van der Waals surface area contributed by atoms with Crippen LogP contribution in [0.5, 0.6) is 0 Å². The van der Waals surface area contributed by atoms with Crippen LogP contribution in [0.2, 0.25) is 0 Å². The number of nitrogens with zero attached hydrogens (tertiary/aromatic N) is 2. The van der Waals surface area contributed by atoms with E-state index in [1.807, 2.05) is 63.2 Å². The second kappa shape index (κ2) is 10.3. The molecule has 2 rings (SSSR count). The topological polar surface area (TPSA) is 73.8 Å². The van der Waals surface area contributed by atoms with Gasteiger partial charge >= 0.3 is 0 Å². The summed E-state index contributed by atoms with van der Waals surface area (Å²) in [4.78, 5) is 27.0. The van der Waals surface area contributed by atoms with Crippen molar-refractivity contribution < 1.29 is 9.59 Å². The lowest BCUT2D eigenvalue weighted by Gasteiger charge is -2.22. The van der Waals surface area contributed by atoms with Gasteiger partial charge in [-0.05, 0) is 35.7 Å². The van der Waals surface area contributed by atoms with Crippen molar-refractivity contribution in [1.29, 1.82) is 0 Å². The van der Waals surface area contributed by atoms with Gasteiger partial charge < -0.3 is 10.2 Å². The maximum Gasteiger partial charge on any atom is 0.262 e. The molecule has 0 heterocycles. The molecular weight excluding hydrogens is 352 g/mol. The van der Waals surface area contributed by atoms with Crippen LogP contribution < -0.4 is 15.6 Å². The average Bonchev–Trinajstić information content (AvgIpc) is 2.72. The van der Waals surface area contributed by atoms with Crippen molar-refractivity contribution in [1.82, 2.24) is 10.7 Å². The molecule has 148 valence electrons. The molecule has 0 bridgehead atoms. The third kappa shape index (κ3) is 5.94. The molecule has 0 aliphatic heterocycles. The minimum atomic E-state index is -0.661. The predicted molar refractivity (Wildman–Crippen MR) is 114 cm³/mol. The second-order valence-electron chi connectivity index (χ2n) is 6.92. The third-order valence-corrected chi connectivity index (χ3v) is 4.62. The van der Waals surface area contributed by atoms with Crippen molar-refractivity contribution in [3.05, 3.63) is 65.7 Å². The Kier molecular flexibility index (Phi) is 7.75. The molecule has 2 atom stereocenters. The SMILES string of the molecule is CCC(C)C(NC(=O)c1ccccc1)C(=O)N/N=C\c1ccc(N(C)C)cc1. The maximum absolute atomic E-state index is 12.6. The third-order valence-electron chi connectivity index (χ3n) is 4.62. The first-order valence-electron chi connectivity index (χ1n) is 9.38. The van der Waals surface area contributed by atoms with Crippen molar-refractivity contribution in [2.75, 3.05) is 19.0 Å². The highest BCUT2D eigenvalue weighted by atomic mass is 16.2. The molecule has 0 aliphatic rings. The lowest BCUT2D eigenvalue weighted by Crippen LogP contribution is -2.49. The van der Waals surface area contributed by atoms with Gasteiger partial charge in [0, 0.05) is 25.3 Å². The Labute approximate surface area is 166 Å². The summed E-state index contributed by atoms with van der Waals surface area (Å²) in [5.41, 5.74) is 5.03. The van der Waals surface area contributed by atoms with Crippen LogP contribution in [0.15, 0.2) is 59.7 Å². The molecule has 0 saturated heterocycles. The zero-order valence-corrected chi connectivity index (χ0v) is 16.8. The Balaban J connectivity index is 2.01. The zero-order valence-electron chi connectivity index (χ0n) is 16.8. The Morgan fingerprint density at radius 3 is 2.29 bits per heavy atom. The van der Waals surface area contributed by atoms with Gasteiger partial charge in [0.1, 0.15) is 6.04 Å². The normalized spacial score (nSPS) is 13.0. The summed E-state index contributed by atoms with van der Waals surface area (Å²) in [6.07, 6.45) is 2.34. The van der Waals surface area contributed by atoms with E-state index in [2.05, 4.69) is 15.8 Å². The first-order valence-corrected chi connectivity index (χ1v) is 9.38. The number of carbonyl (C=O) groups excluding carboxylic acids is 2. The van der Waals surface area contributed by atoms with Crippen LogP contribution in [-0.2, 0) is 4.79 Å². The summed E-state index contributed by atoms with van der Waals surface area (Å²) in [6.45, 7) is 3.91. The molecule has 2 N–H and O–H groups in total. The molecule has 0 radical (unpaired) electrons. The van der Waals surface area contributed by atoms with Gasteiger partial charge in [-0.15, -0.1) is 0 Å². The molecule has 6 nitrogen and oxygen atoms in total. The Morgan fingerprint density at radius 2 is 1.71 bits per heavy atom. The van der Waals surface area contributed by atoms with Crippen molar-refractivity contribution in [3.63, 3.8) is 0 Å². The molecular formula is C22H28N4O2. The van der Waals surface area contributed by atoms with Crippen LogP contribution in [0.3, 0.4) is 0 Å². The number of nitrogens with one attached hydrogen (secondary N) is 2. The number of benzene rings is 2. The summed E-state index contributed by atoms with van der Waals surface area (Å²) in [7, 11) is 3.95. The number of carbonyl (C=O) groups is 2. The van der Waals surface area contributed by atoms with E-state index >= 15 is 0 Å². The van der Waals surface area contributed by atoms with Gasteiger partial charge in [0.05, 0.1) is 6.21 Å². The fourth-order valence-corrected chi connectivity index (χ4v) is 2.61. The predicted octanol–water partition coefficient (Wildman–Crippen LogP) is 3.05. The van der Waals surface area contributed by atoms with Gasteiger partial charge in [-0.1, -0.05) is 50.6 Å². The summed E-state index contributed by atoms with van der Waals surface area (Å²) in [5, 5.41) is 6.87. The number of anilines is 1. The highest BCUT2D eigenvalue weighted by Gasteiger charge is 2.26. The van der Waals surface area contributed by atoms with Gasteiger partial charge in [-0.2, -0.15) is 5.10 Å². The molecule has 0 spiro atoms. The van der Waals surface area contributed by atoms with E-state index in [1.54, 1.807) is 30.5 Å². The summed E-state index contributed by atoms with van der Waals surface area (Å²) >= 11 is 0. The number of amides is 2. The first kappa shape index (κ1) is 21.2. The number of rotatable bonds is 8. The van der Waals surface area contributed by atoms with Crippen LogP contribution in [0.1, 0.15) is 36.2 Å². The molecule has 0 fully saturated rings. The summed E-state index contributed by atoms with van der Waals surface area (Å²) in [5.74, 6) is -0.633. The zero-order chi connectivity index (χ0) is 20.5. The molecule has 0 saturated carbocycles. The van der Waals surface area contributed by atoms with Crippen LogP contribution in [0.25, 0.3) is 0 Å². The standard InChI is InChI=1S/C22H28N4O2/c1-5-16(2)20(24-21(27)18-9-7-6-8-10-18)22(28)25-23-15-17-11-13-19(14-12-17)26(3)4/h6-16,20H,5H2,1-4H3,(H,24,27)(H,25,28)/b23-15-. The van der Waals surface area contributed by atoms with E-state index in [1.165, 1.54) is 0 Å². The fraction of sp³-hybridized carbons (Fsp3) is 0.318. The molecule has 2 amide bonds. The van der Waals surface area contributed by atoms with E-state index in [-0.39, 0.29) is 17.7 Å². The molecule has 2 aromatic rings. The van der Waals surface area contributed by atoms with Crippen LogP contribution in [0.4, 0.5) is 5.69 Å². The Hall–Kier alpha value is -3.15. The lowest BCUT2D eigenvalue weighted by molar-refractivity contribution is -0.124. The fourth-order valence-electron chi connectivity index (χ4n) is 2.61. The van der Waals surface area contributed by atoms with Gasteiger partial charge in [0.15, 0.2) is 0 Å². The monoisotopic (exact) mass is 380 g/mol. The van der Waals surface area contributed by atoms with Crippen LogP contribution >= 0.6 is 0 Å². The summed E-state index contributed by atoms with van der Waals surface area (Å²) < 4.78 is 0. The van der Waals surface area contributed by atoms with Gasteiger partial charge in [-0.25, -0.2) is 5.43 Å². The van der Waals surface area contributed by atoms with Crippen molar-refractivity contribution in [3.8, 4) is 0 Å². The van der Waals surface area contributed by atoms with E-state index < -0.39 is 6.04 Å². The largest absolute Gasteiger partial charge is 0.378 e. The van der Waals surface area contributed by atoms with Crippen LogP contribution in [-0.4, -0.2) is 38.2 Å². The van der Waals surface area contributed by atoms with Gasteiger partial charge in [0.25, 0.3) is 11.8 Å². The molecule has 6 heteroatoms. The number of hydrazone groups is 1. The van der Waals surface area contributed by atoms with E-state index in [9.17, 15) is 9.59 Å². The maximum atomic E-state index is 12.6. The number of hydrogen-bond acceptors (Lipinski definition) is 4. The smallest absolute Gasteiger partial charge is 0.262 e. The molecule has 0 aliphatic carbocycles. The Bertz CT molecular complexity index is 801. The second-order valence-corrected chi connectivity index (χ2v) is 6.92. The summed E-state index contributed by atoms with van der Waals surface area (Å²) in [6, 6.07) is 16.0. The van der Waals surface area contributed by atoms with Crippen molar-refractivity contribution in [2.45, 2.75) is 26.3 Å². The van der Waals surface area contributed by atoms with Gasteiger partial charge in [0.2, 0.25) is 0 Å². The highest BCUT2D eigenvalue weighted by Crippen LogP contribution is 2.11. The van der Waals surface area contributed by atoms with Crippen LogP contribution in [0, 0.1) is 5.92 Å². The lowest BCUT2D eigenvalue weighted by atomic mass is 9.98. The van der Waals surface area contributed by atoms with Crippen molar-refractivity contribution in [2.24, 2.45) is 11.0 Å². The average molecular weight is 380 g/mol. The van der Waals surface area contributed by atoms with Crippen molar-refractivity contribution >= 4 is 23.7 Å². The number of hydrogen-bond donors (Lipinski definition) is 2. The minimum Gasteiger partial charge on any atom is -0.378 e.